The molecule has 0 unspecified atom stereocenters. The maximum atomic E-state index is 11.5. The molecule has 2 aromatic rings. The summed E-state index contributed by atoms with van der Waals surface area (Å²) in [6.45, 7) is 8.26. The first-order chi connectivity index (χ1) is 12.8. The standard InChI is InChI=1S/C18H25N5O4/c1-7-27-14-12(25-5)8-11(9-13(14)26-6)10-19-22-16-15(18(2,3)4)21-23-17(24)20-16/h8-10H,7H2,1-6H3,(H2,20,22,23,24)/b19-10+. The predicted molar refractivity (Wildman–Crippen MR) is 103 cm³/mol. The molecule has 0 saturated carbocycles. The molecule has 1 aromatic carbocycles. The van der Waals surface area contributed by atoms with Gasteiger partial charge in [-0.15, -0.1) is 0 Å². The first-order valence-electron chi connectivity index (χ1n) is 8.45. The molecule has 146 valence electrons. The summed E-state index contributed by atoms with van der Waals surface area (Å²) in [5.41, 5.74) is 3.23. The number of aromatic amines is 1. The van der Waals surface area contributed by atoms with Gasteiger partial charge in [0, 0.05) is 11.0 Å². The number of hydrogen-bond acceptors (Lipinski definition) is 8. The SMILES string of the molecule is CCOc1c(OC)cc(/C=N/Nc2nc(=O)[nH]nc2C(C)(C)C)cc1OC. The van der Waals surface area contributed by atoms with Gasteiger partial charge in [0.15, 0.2) is 17.3 Å². The van der Waals surface area contributed by atoms with E-state index in [0.717, 1.165) is 5.56 Å². The predicted octanol–water partition coefficient (Wildman–Crippen LogP) is 2.32. The highest BCUT2D eigenvalue weighted by molar-refractivity contribution is 5.83. The molecule has 2 rings (SSSR count). The first-order valence-corrected chi connectivity index (χ1v) is 8.45. The van der Waals surface area contributed by atoms with Crippen molar-refractivity contribution in [2.75, 3.05) is 26.3 Å². The monoisotopic (exact) mass is 375 g/mol. The van der Waals surface area contributed by atoms with Crippen LogP contribution in [0.15, 0.2) is 22.0 Å². The Labute approximate surface area is 157 Å². The van der Waals surface area contributed by atoms with Crippen molar-refractivity contribution in [3.05, 3.63) is 33.9 Å². The number of benzene rings is 1. The highest BCUT2D eigenvalue weighted by Crippen LogP contribution is 2.38. The van der Waals surface area contributed by atoms with Crippen LogP contribution in [0.5, 0.6) is 17.2 Å². The van der Waals surface area contributed by atoms with Crippen molar-refractivity contribution in [2.24, 2.45) is 5.10 Å². The Balaban J connectivity index is 2.32. The van der Waals surface area contributed by atoms with E-state index in [1.165, 1.54) is 0 Å². The summed E-state index contributed by atoms with van der Waals surface area (Å²) in [6.07, 6.45) is 1.57. The summed E-state index contributed by atoms with van der Waals surface area (Å²) in [7, 11) is 3.11. The van der Waals surface area contributed by atoms with E-state index in [1.54, 1.807) is 32.6 Å². The fraction of sp³-hybridized carbons (Fsp3) is 0.444. The number of nitrogens with zero attached hydrogens (tertiary/aromatic N) is 3. The fourth-order valence-corrected chi connectivity index (χ4v) is 2.37. The molecule has 0 aliphatic carbocycles. The number of hydrogen-bond donors (Lipinski definition) is 2. The molecular formula is C18H25N5O4. The van der Waals surface area contributed by atoms with E-state index in [-0.39, 0.29) is 5.41 Å². The molecule has 1 aromatic heterocycles. The van der Waals surface area contributed by atoms with Gasteiger partial charge in [-0.1, -0.05) is 20.8 Å². The van der Waals surface area contributed by atoms with Gasteiger partial charge in [-0.25, -0.2) is 9.89 Å². The number of aromatic nitrogens is 3. The van der Waals surface area contributed by atoms with Crippen LogP contribution in [-0.2, 0) is 5.41 Å². The van der Waals surface area contributed by atoms with Gasteiger partial charge >= 0.3 is 5.69 Å². The zero-order valence-electron chi connectivity index (χ0n) is 16.4. The topological polar surface area (TPSA) is 111 Å². The number of H-pyrrole nitrogens is 1. The molecule has 0 amide bonds. The third-order valence-electron chi connectivity index (χ3n) is 3.57. The Morgan fingerprint density at radius 2 is 1.85 bits per heavy atom. The minimum atomic E-state index is -0.551. The van der Waals surface area contributed by atoms with Crippen LogP contribution in [0.3, 0.4) is 0 Å². The summed E-state index contributed by atoms with van der Waals surface area (Å²) >= 11 is 0. The van der Waals surface area contributed by atoms with Gasteiger partial charge in [0.25, 0.3) is 0 Å². The lowest BCUT2D eigenvalue weighted by atomic mass is 9.92. The van der Waals surface area contributed by atoms with Crippen LogP contribution in [-0.4, -0.2) is 42.2 Å². The average molecular weight is 375 g/mol. The molecule has 0 aliphatic rings. The number of nitrogens with one attached hydrogen (secondary N) is 2. The minimum Gasteiger partial charge on any atom is -0.493 e. The van der Waals surface area contributed by atoms with Crippen molar-refractivity contribution in [1.29, 1.82) is 0 Å². The molecule has 0 bridgehead atoms. The Hall–Kier alpha value is -3.10. The third-order valence-corrected chi connectivity index (χ3v) is 3.57. The Morgan fingerprint density at radius 1 is 1.22 bits per heavy atom. The van der Waals surface area contributed by atoms with Crippen molar-refractivity contribution >= 4 is 12.0 Å². The Bertz CT molecular complexity index is 846. The lowest BCUT2D eigenvalue weighted by Crippen LogP contribution is -2.24. The molecule has 9 heteroatoms. The minimum absolute atomic E-state index is 0.298. The molecule has 0 saturated heterocycles. The maximum absolute atomic E-state index is 11.5. The smallest absolute Gasteiger partial charge is 0.363 e. The van der Waals surface area contributed by atoms with Gasteiger partial charge in [-0.2, -0.15) is 15.2 Å². The van der Waals surface area contributed by atoms with Gasteiger partial charge in [0.1, 0.15) is 5.69 Å². The lowest BCUT2D eigenvalue weighted by molar-refractivity contribution is 0.288. The summed E-state index contributed by atoms with van der Waals surface area (Å²) < 4.78 is 16.3. The van der Waals surface area contributed by atoms with Gasteiger partial charge in [0.05, 0.1) is 27.0 Å². The number of hydrazone groups is 1. The zero-order chi connectivity index (χ0) is 20.0. The molecule has 0 fully saturated rings. The molecule has 1 heterocycles. The number of methoxy groups -OCH3 is 2. The number of anilines is 1. The second-order valence-electron chi connectivity index (χ2n) is 6.65. The van der Waals surface area contributed by atoms with Gasteiger partial charge in [-0.05, 0) is 19.1 Å². The summed E-state index contributed by atoms with van der Waals surface area (Å²) in [5, 5.41) is 10.6. The largest absolute Gasteiger partial charge is 0.493 e. The van der Waals surface area contributed by atoms with Crippen molar-refractivity contribution in [3.8, 4) is 17.2 Å². The normalized spacial score (nSPS) is 11.5. The Morgan fingerprint density at radius 3 is 2.37 bits per heavy atom. The van der Waals surface area contributed by atoms with E-state index in [2.05, 4.69) is 25.7 Å². The molecule has 27 heavy (non-hydrogen) atoms. The number of rotatable bonds is 7. The first kappa shape index (κ1) is 20.2. The van der Waals surface area contributed by atoms with E-state index in [0.29, 0.717) is 35.4 Å². The van der Waals surface area contributed by atoms with E-state index in [9.17, 15) is 4.79 Å². The molecule has 2 N–H and O–H groups in total. The molecule has 0 atom stereocenters. The van der Waals surface area contributed by atoms with Crippen molar-refractivity contribution in [3.63, 3.8) is 0 Å². The van der Waals surface area contributed by atoms with Gasteiger partial charge in [0.2, 0.25) is 5.75 Å². The van der Waals surface area contributed by atoms with E-state index in [4.69, 9.17) is 14.2 Å². The van der Waals surface area contributed by atoms with Gasteiger partial charge < -0.3 is 14.2 Å². The van der Waals surface area contributed by atoms with Crippen LogP contribution < -0.4 is 25.3 Å². The maximum Gasteiger partial charge on any atom is 0.363 e. The molecule has 9 nitrogen and oxygen atoms in total. The summed E-state index contributed by atoms with van der Waals surface area (Å²) in [4.78, 5) is 15.4. The number of ether oxygens (including phenoxy) is 3. The third kappa shape index (κ3) is 4.96. The quantitative estimate of drug-likeness (QED) is 0.564. The van der Waals surface area contributed by atoms with Crippen molar-refractivity contribution < 1.29 is 14.2 Å². The fourth-order valence-electron chi connectivity index (χ4n) is 2.37. The second kappa shape index (κ2) is 8.52. The van der Waals surface area contributed by atoms with Crippen LogP contribution in [0.1, 0.15) is 39.0 Å². The van der Waals surface area contributed by atoms with Crippen LogP contribution in [0.4, 0.5) is 5.82 Å². The van der Waals surface area contributed by atoms with Gasteiger partial charge in [-0.3, -0.25) is 5.43 Å². The second-order valence-corrected chi connectivity index (χ2v) is 6.65. The Kier molecular flexibility index (Phi) is 6.38. The molecule has 0 radical (unpaired) electrons. The zero-order valence-corrected chi connectivity index (χ0v) is 16.4. The summed E-state index contributed by atoms with van der Waals surface area (Å²) in [6, 6.07) is 3.54. The van der Waals surface area contributed by atoms with Crippen molar-refractivity contribution in [1.82, 2.24) is 15.2 Å². The van der Waals surface area contributed by atoms with Crippen LogP contribution in [0.2, 0.25) is 0 Å². The molecule has 0 spiro atoms. The average Bonchev–Trinajstić information content (AvgIpc) is 2.61. The lowest BCUT2D eigenvalue weighted by Gasteiger charge is -2.18. The highest BCUT2D eigenvalue weighted by atomic mass is 16.5. The molecular weight excluding hydrogens is 350 g/mol. The van der Waals surface area contributed by atoms with E-state index in [1.807, 2.05) is 27.7 Å². The van der Waals surface area contributed by atoms with Crippen LogP contribution in [0, 0.1) is 0 Å². The van der Waals surface area contributed by atoms with E-state index >= 15 is 0 Å². The van der Waals surface area contributed by atoms with Crippen LogP contribution in [0.25, 0.3) is 0 Å². The summed E-state index contributed by atoms with van der Waals surface area (Å²) in [5.74, 6) is 1.89. The van der Waals surface area contributed by atoms with Crippen LogP contribution >= 0.6 is 0 Å². The van der Waals surface area contributed by atoms with Crippen molar-refractivity contribution in [2.45, 2.75) is 33.1 Å². The highest BCUT2D eigenvalue weighted by Gasteiger charge is 2.21. The molecule has 0 aliphatic heterocycles. The van der Waals surface area contributed by atoms with E-state index < -0.39 is 5.69 Å².